The van der Waals surface area contributed by atoms with Crippen LogP contribution >= 0.6 is 11.8 Å². The second-order valence-electron chi connectivity index (χ2n) is 22.9. The van der Waals surface area contributed by atoms with Gasteiger partial charge in [-0.25, -0.2) is 0 Å². The molecule has 0 aliphatic heterocycles. The highest BCUT2D eigenvalue weighted by Crippen LogP contribution is 2.51. The van der Waals surface area contributed by atoms with E-state index in [4.69, 9.17) is 0 Å². The lowest BCUT2D eigenvalue weighted by Gasteiger charge is -2.20. The second kappa shape index (κ2) is 20.9. The van der Waals surface area contributed by atoms with Gasteiger partial charge in [0.25, 0.3) is 0 Å². The molecule has 1 atom stereocenters. The summed E-state index contributed by atoms with van der Waals surface area (Å²) in [4.78, 5) is 0. The van der Waals surface area contributed by atoms with Crippen molar-refractivity contribution in [1.82, 2.24) is 18.3 Å². The Morgan fingerprint density at radius 1 is 0.442 bits per heavy atom. The number of para-hydroxylation sites is 4. The molecule has 0 amide bonds. The Hall–Kier alpha value is -10.1. The first kappa shape index (κ1) is 51.6. The smallest absolute Gasteiger partial charge is 0.0626 e. The van der Waals surface area contributed by atoms with E-state index in [1.165, 1.54) is 154 Å². The molecule has 2 aliphatic rings. The first-order valence-electron chi connectivity index (χ1n) is 30.0. The van der Waals surface area contributed by atoms with E-state index in [1.807, 2.05) is 18.6 Å². The van der Waals surface area contributed by atoms with Crippen molar-refractivity contribution in [3.8, 4) is 22.5 Å². The van der Waals surface area contributed by atoms with Crippen LogP contribution in [0.4, 0.5) is 0 Å². The highest BCUT2D eigenvalue weighted by Gasteiger charge is 2.28. The van der Waals surface area contributed by atoms with Crippen molar-refractivity contribution < 1.29 is 0 Å². The molecule has 11 aromatic carbocycles. The zero-order valence-corrected chi connectivity index (χ0v) is 49.3. The lowest BCUT2D eigenvalue weighted by molar-refractivity contribution is 0.625. The summed E-state index contributed by atoms with van der Waals surface area (Å²) >= 11 is 1.75. The molecule has 0 radical (unpaired) electrons. The van der Waals surface area contributed by atoms with Gasteiger partial charge in [-0.05, 0) is 156 Å². The monoisotopic (exact) mass is 1120 g/mol. The molecule has 0 fully saturated rings. The topological polar surface area (TPSA) is 19.7 Å². The molecule has 0 saturated heterocycles. The number of thioether (sulfide) groups is 1. The number of hydrogen-bond acceptors (Lipinski definition) is 1. The van der Waals surface area contributed by atoms with E-state index in [9.17, 15) is 0 Å². The third-order valence-corrected chi connectivity index (χ3v) is 18.2. The lowest BCUT2D eigenvalue weighted by Crippen LogP contribution is -2.08. The molecule has 86 heavy (non-hydrogen) atoms. The number of hydrogen-bond donors (Lipinski definition) is 0. The normalized spacial score (nSPS) is 14.5. The highest BCUT2D eigenvalue weighted by molar-refractivity contribution is 7.97. The molecule has 4 heterocycles. The summed E-state index contributed by atoms with van der Waals surface area (Å²) in [7, 11) is 0. The summed E-state index contributed by atoms with van der Waals surface area (Å²) in [5.74, 6) is 0. The molecular formula is C81H62N4S. The van der Waals surface area contributed by atoms with Gasteiger partial charge in [0.05, 0.1) is 39.1 Å². The summed E-state index contributed by atoms with van der Waals surface area (Å²) in [6, 6.07) is 79.7. The van der Waals surface area contributed by atoms with Crippen LogP contribution in [-0.2, 0) is 0 Å². The maximum absolute atomic E-state index is 4.31. The van der Waals surface area contributed by atoms with Crippen LogP contribution in [0.15, 0.2) is 261 Å². The quantitative estimate of drug-likeness (QED) is 0.139. The molecular weight excluding hydrogens is 1060 g/mol. The van der Waals surface area contributed by atoms with Crippen molar-refractivity contribution >= 4 is 144 Å². The average Bonchev–Trinajstić information content (AvgIpc) is 1.52. The molecule has 0 spiro atoms. The first-order valence-corrected chi connectivity index (χ1v) is 31.7. The van der Waals surface area contributed by atoms with Crippen molar-refractivity contribution in [2.45, 2.75) is 32.2 Å². The van der Waals surface area contributed by atoms with E-state index in [0.29, 0.717) is 0 Å². The van der Waals surface area contributed by atoms with Crippen LogP contribution < -0.4 is 0 Å². The van der Waals surface area contributed by atoms with Crippen LogP contribution in [0.5, 0.6) is 0 Å². The Morgan fingerprint density at radius 2 is 0.977 bits per heavy atom. The van der Waals surface area contributed by atoms with Gasteiger partial charge in [-0.2, -0.15) is 11.8 Å². The fourth-order valence-corrected chi connectivity index (χ4v) is 14.8. The molecule has 15 aromatic rings. The minimum atomic E-state index is 0.250. The summed E-state index contributed by atoms with van der Waals surface area (Å²) in [6.07, 6.45) is 27.0. The van der Waals surface area contributed by atoms with Crippen molar-refractivity contribution in [2.24, 2.45) is 0 Å². The molecule has 4 aromatic heterocycles. The van der Waals surface area contributed by atoms with Crippen molar-refractivity contribution in [3.63, 3.8) is 0 Å². The summed E-state index contributed by atoms with van der Waals surface area (Å²) in [5.41, 5.74) is 19.6. The standard InChI is InChI=1S/C79H56N4.C2H6S/c1-3-21-58-66-48-52(40-46-72(66)80(68(58)4-2)54-22-7-5-8-23-54)50-36-42-56(43-37-50)82-70-34-19-16-31-64(70)75-77-74(60-27-11-13-29-62(60)78(75)82)61-28-12-14-30-63(61)79-76(77)65-32-17-20-35-71(65)83(79)57-44-38-51(39-45-57)53-41-47-73-67(49-53)59-26-15-18-33-69(59)81(73)55-24-9-6-10-25-55;1-3-2/h3-22,24-36,38-42,44-49,54H,2,23,37,43H2,1H3;1-2H3/b21-3-;. The Labute approximate surface area is 504 Å². The van der Waals surface area contributed by atoms with Gasteiger partial charge in [0.2, 0.25) is 0 Å². The minimum Gasteiger partial charge on any atom is -0.333 e. The van der Waals surface area contributed by atoms with Gasteiger partial charge >= 0.3 is 0 Å². The third kappa shape index (κ3) is 7.84. The van der Waals surface area contributed by atoms with Gasteiger partial charge in [-0.15, -0.1) is 0 Å². The number of rotatable bonds is 8. The van der Waals surface area contributed by atoms with E-state index < -0.39 is 0 Å². The van der Waals surface area contributed by atoms with Crippen molar-refractivity contribution in [1.29, 1.82) is 0 Å². The third-order valence-electron chi connectivity index (χ3n) is 18.2. The fourth-order valence-electron chi connectivity index (χ4n) is 14.8. The Bertz CT molecular complexity index is 5450. The van der Waals surface area contributed by atoms with Gasteiger partial charge in [0.15, 0.2) is 0 Å². The molecule has 17 rings (SSSR count). The van der Waals surface area contributed by atoms with Crippen molar-refractivity contribution in [2.75, 3.05) is 12.5 Å². The van der Waals surface area contributed by atoms with Gasteiger partial charge in [-0.1, -0.05) is 195 Å². The van der Waals surface area contributed by atoms with Crippen molar-refractivity contribution in [3.05, 3.63) is 278 Å². The molecule has 0 bridgehead atoms. The number of aromatic nitrogens is 4. The number of nitrogens with zero attached hydrogens (tertiary/aromatic N) is 4. The molecule has 1 unspecified atom stereocenters. The second-order valence-corrected chi connectivity index (χ2v) is 23.8. The Balaban J connectivity index is 0.00000196. The zero-order chi connectivity index (χ0) is 57.6. The highest BCUT2D eigenvalue weighted by atomic mass is 32.2. The van der Waals surface area contributed by atoms with E-state index in [2.05, 4.69) is 293 Å². The van der Waals surface area contributed by atoms with Crippen LogP contribution in [0.2, 0.25) is 0 Å². The zero-order valence-electron chi connectivity index (χ0n) is 48.5. The molecule has 0 saturated carbocycles. The van der Waals surface area contributed by atoms with E-state index in [-0.39, 0.29) is 6.04 Å². The molecule has 412 valence electrons. The first-order chi connectivity index (χ1) is 42.6. The SMILES string of the molecule is C=Cc1c(/C=C\C)c2cc(C3=CC=C(n4c5ccccc5c5c6c(c7ccccc7c54)c4ccccc4c4c6c5ccccc5n4-c4ccc(-c5ccc6c(c5)c5ccccc5n6-c5ccccc5)cc4)CC3)ccc2n1C1C=CC=CC1.CSC. The summed E-state index contributed by atoms with van der Waals surface area (Å²) in [6.45, 7) is 6.42. The molecule has 2 aliphatic carbocycles. The van der Waals surface area contributed by atoms with Gasteiger partial charge in [-0.3, -0.25) is 0 Å². The van der Waals surface area contributed by atoms with E-state index in [1.54, 1.807) is 11.8 Å². The minimum absolute atomic E-state index is 0.250. The number of allylic oxidation sites excluding steroid dienone is 9. The fraction of sp³-hybridized carbons (Fsp3) is 0.0864. The number of benzene rings is 11. The van der Waals surface area contributed by atoms with Gasteiger partial charge < -0.3 is 18.3 Å². The molecule has 4 nitrogen and oxygen atoms in total. The van der Waals surface area contributed by atoms with Crippen LogP contribution in [0, 0.1) is 0 Å². The average molecular weight is 1120 g/mol. The maximum Gasteiger partial charge on any atom is 0.0626 e. The number of fused-ring (bicyclic) bond motifs is 19. The van der Waals surface area contributed by atoms with Gasteiger partial charge in [0.1, 0.15) is 0 Å². The van der Waals surface area contributed by atoms with Gasteiger partial charge in [0, 0.05) is 87.7 Å². The largest absolute Gasteiger partial charge is 0.333 e. The summed E-state index contributed by atoms with van der Waals surface area (Å²) < 4.78 is 10.0. The van der Waals surface area contributed by atoms with Crippen LogP contribution in [0.1, 0.15) is 49.0 Å². The van der Waals surface area contributed by atoms with Crippen LogP contribution in [0.25, 0.3) is 155 Å². The lowest BCUT2D eigenvalue weighted by atomic mass is 9.89. The van der Waals surface area contributed by atoms with Crippen LogP contribution in [-0.4, -0.2) is 30.8 Å². The molecule has 0 N–H and O–H groups in total. The predicted octanol–water partition coefficient (Wildman–Crippen LogP) is 22.5. The van der Waals surface area contributed by atoms with Crippen LogP contribution in [0.3, 0.4) is 0 Å². The summed E-state index contributed by atoms with van der Waals surface area (Å²) in [5, 5.41) is 16.5. The Morgan fingerprint density at radius 3 is 1.60 bits per heavy atom. The Kier molecular flexibility index (Phi) is 12.5. The van der Waals surface area contributed by atoms with E-state index in [0.717, 1.165) is 24.9 Å². The maximum atomic E-state index is 4.31. The molecule has 5 heteroatoms. The predicted molar refractivity (Wildman–Crippen MR) is 376 cm³/mol. The van der Waals surface area contributed by atoms with E-state index >= 15 is 0 Å².